The van der Waals surface area contributed by atoms with E-state index in [1.807, 2.05) is 0 Å². The summed E-state index contributed by atoms with van der Waals surface area (Å²) in [6.45, 7) is 6.76. The third kappa shape index (κ3) is 3.82. The van der Waals surface area contributed by atoms with E-state index in [-0.39, 0.29) is 0 Å². The van der Waals surface area contributed by atoms with Crippen LogP contribution in [0, 0.1) is 5.41 Å². The molecule has 0 saturated heterocycles. The van der Waals surface area contributed by atoms with E-state index in [4.69, 9.17) is 0 Å². The summed E-state index contributed by atoms with van der Waals surface area (Å²) in [5, 5.41) is 0. The maximum absolute atomic E-state index is 3.51. The molecule has 0 unspecified atom stereocenters. The lowest BCUT2D eigenvalue weighted by Gasteiger charge is -2.18. The highest BCUT2D eigenvalue weighted by atomic mass is 79.9. The topological polar surface area (TPSA) is 0 Å². The van der Waals surface area contributed by atoms with Gasteiger partial charge in [-0.2, -0.15) is 0 Å². The largest absolute Gasteiger partial charge is 0.0599 e. The number of halogens is 2. The molecule has 0 spiro atoms. The first-order valence-corrected chi connectivity index (χ1v) is 5.91. The van der Waals surface area contributed by atoms with Gasteiger partial charge in [0.25, 0.3) is 0 Å². The first kappa shape index (κ1) is 11.3. The Bertz CT molecular complexity index is 297. The van der Waals surface area contributed by atoms with E-state index in [2.05, 4.69) is 70.8 Å². The number of rotatable bonds is 1. The summed E-state index contributed by atoms with van der Waals surface area (Å²) in [4.78, 5) is 0. The molecule has 0 radical (unpaired) electrons. The van der Waals surface area contributed by atoms with Crippen LogP contribution in [-0.2, 0) is 6.42 Å². The average molecular weight is 306 g/mol. The Morgan fingerprint density at radius 3 is 2.15 bits per heavy atom. The van der Waals surface area contributed by atoms with Crippen molar-refractivity contribution < 1.29 is 0 Å². The molecule has 72 valence electrons. The minimum absolute atomic E-state index is 0.354. The van der Waals surface area contributed by atoms with Gasteiger partial charge in [0.1, 0.15) is 0 Å². The quantitative estimate of drug-likeness (QED) is 0.699. The van der Waals surface area contributed by atoms with Crippen LogP contribution in [-0.4, -0.2) is 0 Å². The van der Waals surface area contributed by atoms with Gasteiger partial charge in [0.15, 0.2) is 0 Å². The van der Waals surface area contributed by atoms with Crippen molar-refractivity contribution in [2.24, 2.45) is 5.41 Å². The predicted molar refractivity (Wildman–Crippen MR) is 65.0 cm³/mol. The standard InChI is InChI=1S/C11H14Br2/c1-11(2,3)7-8-4-5-9(12)10(13)6-8/h4-6H,7H2,1-3H3. The number of benzene rings is 1. The lowest BCUT2D eigenvalue weighted by Crippen LogP contribution is -2.08. The molecular weight excluding hydrogens is 292 g/mol. The van der Waals surface area contributed by atoms with Crippen LogP contribution in [0.5, 0.6) is 0 Å². The van der Waals surface area contributed by atoms with Crippen molar-refractivity contribution >= 4 is 31.9 Å². The zero-order chi connectivity index (χ0) is 10.1. The number of hydrogen-bond acceptors (Lipinski definition) is 0. The summed E-state index contributed by atoms with van der Waals surface area (Å²) < 4.78 is 2.25. The zero-order valence-electron chi connectivity index (χ0n) is 8.20. The third-order valence-electron chi connectivity index (χ3n) is 1.72. The molecular formula is C11H14Br2. The van der Waals surface area contributed by atoms with Crippen LogP contribution in [0.15, 0.2) is 27.1 Å². The molecule has 0 aliphatic carbocycles. The second-order valence-electron chi connectivity index (χ2n) is 4.49. The third-order valence-corrected chi connectivity index (χ3v) is 3.60. The Morgan fingerprint density at radius 2 is 1.69 bits per heavy atom. The van der Waals surface area contributed by atoms with E-state index in [9.17, 15) is 0 Å². The van der Waals surface area contributed by atoms with Crippen molar-refractivity contribution in [3.05, 3.63) is 32.7 Å². The molecule has 1 aromatic carbocycles. The fourth-order valence-electron chi connectivity index (χ4n) is 1.26. The van der Waals surface area contributed by atoms with E-state index in [0.717, 1.165) is 15.4 Å². The molecule has 0 atom stereocenters. The van der Waals surface area contributed by atoms with Crippen LogP contribution < -0.4 is 0 Å². The van der Waals surface area contributed by atoms with E-state index in [1.54, 1.807) is 0 Å². The molecule has 1 rings (SSSR count). The van der Waals surface area contributed by atoms with Gasteiger partial charge in [0.2, 0.25) is 0 Å². The van der Waals surface area contributed by atoms with Crippen molar-refractivity contribution in [2.75, 3.05) is 0 Å². The maximum atomic E-state index is 3.51. The molecule has 0 aliphatic rings. The van der Waals surface area contributed by atoms with Gasteiger partial charge in [-0.05, 0) is 61.4 Å². The highest BCUT2D eigenvalue weighted by molar-refractivity contribution is 9.13. The molecule has 13 heavy (non-hydrogen) atoms. The molecule has 0 saturated carbocycles. The molecule has 0 nitrogen and oxygen atoms in total. The van der Waals surface area contributed by atoms with Crippen LogP contribution in [0.1, 0.15) is 26.3 Å². The molecule has 0 bridgehead atoms. The maximum Gasteiger partial charge on any atom is 0.0320 e. The van der Waals surface area contributed by atoms with Crippen LogP contribution in [0.2, 0.25) is 0 Å². The second kappa shape index (κ2) is 4.14. The lowest BCUT2D eigenvalue weighted by molar-refractivity contribution is 0.411. The normalized spacial score (nSPS) is 11.8. The van der Waals surface area contributed by atoms with Gasteiger partial charge in [-0.1, -0.05) is 26.8 Å². The Hall–Kier alpha value is 0.180. The Labute approximate surface area is 97.0 Å². The van der Waals surface area contributed by atoms with Crippen molar-refractivity contribution in [3.63, 3.8) is 0 Å². The monoisotopic (exact) mass is 304 g/mol. The molecule has 1 aromatic rings. The van der Waals surface area contributed by atoms with Crippen LogP contribution in [0.3, 0.4) is 0 Å². The summed E-state index contributed by atoms with van der Waals surface area (Å²) >= 11 is 6.97. The van der Waals surface area contributed by atoms with Crippen molar-refractivity contribution in [3.8, 4) is 0 Å². The van der Waals surface area contributed by atoms with Gasteiger partial charge in [0, 0.05) is 8.95 Å². The molecule has 0 aromatic heterocycles. The zero-order valence-corrected chi connectivity index (χ0v) is 11.4. The highest BCUT2D eigenvalue weighted by Crippen LogP contribution is 2.27. The van der Waals surface area contributed by atoms with Crippen LogP contribution in [0.25, 0.3) is 0 Å². The summed E-state index contributed by atoms with van der Waals surface area (Å²) in [6, 6.07) is 6.43. The van der Waals surface area contributed by atoms with Gasteiger partial charge in [-0.3, -0.25) is 0 Å². The Morgan fingerprint density at radius 1 is 1.08 bits per heavy atom. The van der Waals surface area contributed by atoms with Crippen molar-refractivity contribution in [2.45, 2.75) is 27.2 Å². The minimum atomic E-state index is 0.354. The fraction of sp³-hybridized carbons (Fsp3) is 0.455. The summed E-state index contributed by atoms with van der Waals surface area (Å²) in [5.74, 6) is 0. The van der Waals surface area contributed by atoms with Gasteiger partial charge < -0.3 is 0 Å². The van der Waals surface area contributed by atoms with E-state index in [0.29, 0.717) is 5.41 Å². The van der Waals surface area contributed by atoms with Gasteiger partial charge in [-0.25, -0.2) is 0 Å². The van der Waals surface area contributed by atoms with Gasteiger partial charge in [-0.15, -0.1) is 0 Å². The number of hydrogen-bond donors (Lipinski definition) is 0. The summed E-state index contributed by atoms with van der Waals surface area (Å²) in [5.41, 5.74) is 1.73. The molecule has 0 N–H and O–H groups in total. The Balaban J connectivity index is 2.86. The first-order chi connectivity index (χ1) is 5.88. The van der Waals surface area contributed by atoms with Crippen molar-refractivity contribution in [1.82, 2.24) is 0 Å². The van der Waals surface area contributed by atoms with E-state index < -0.39 is 0 Å². The van der Waals surface area contributed by atoms with Gasteiger partial charge in [0.05, 0.1) is 0 Å². The predicted octanol–water partition coefficient (Wildman–Crippen LogP) is 4.80. The Kier molecular flexibility index (Phi) is 3.58. The van der Waals surface area contributed by atoms with E-state index >= 15 is 0 Å². The average Bonchev–Trinajstić information content (AvgIpc) is 1.94. The molecule has 0 heterocycles. The van der Waals surface area contributed by atoms with E-state index in [1.165, 1.54) is 5.56 Å². The molecule has 2 heteroatoms. The highest BCUT2D eigenvalue weighted by Gasteiger charge is 2.11. The summed E-state index contributed by atoms with van der Waals surface area (Å²) in [7, 11) is 0. The van der Waals surface area contributed by atoms with Crippen LogP contribution in [0.4, 0.5) is 0 Å². The second-order valence-corrected chi connectivity index (χ2v) is 6.19. The van der Waals surface area contributed by atoms with Crippen LogP contribution >= 0.6 is 31.9 Å². The molecule has 0 aliphatic heterocycles. The van der Waals surface area contributed by atoms with Crippen molar-refractivity contribution in [1.29, 1.82) is 0 Å². The molecule has 0 amide bonds. The minimum Gasteiger partial charge on any atom is -0.0599 e. The summed E-state index contributed by atoms with van der Waals surface area (Å²) in [6.07, 6.45) is 1.11. The lowest BCUT2D eigenvalue weighted by atomic mass is 9.88. The molecule has 0 fully saturated rings. The smallest absolute Gasteiger partial charge is 0.0320 e. The fourth-order valence-corrected chi connectivity index (χ4v) is 1.93. The SMILES string of the molecule is CC(C)(C)Cc1ccc(Br)c(Br)c1. The van der Waals surface area contributed by atoms with Gasteiger partial charge >= 0.3 is 0 Å². The first-order valence-electron chi connectivity index (χ1n) is 4.32.